The maximum Gasteiger partial charge on any atom is 0.434 e. The largest absolute Gasteiger partial charge is 0.434 e. The molecule has 1 aromatic carbocycles. The fraction of sp³-hybridized carbons (Fsp3) is 0.333. The van der Waals surface area contributed by atoms with E-state index in [0.717, 1.165) is 22.3 Å². The Morgan fingerprint density at radius 3 is 2.57 bits per heavy atom. The highest BCUT2D eigenvalue weighted by Crippen LogP contribution is 2.29. The number of halogens is 3. The van der Waals surface area contributed by atoms with Crippen LogP contribution in [0.2, 0.25) is 0 Å². The first kappa shape index (κ1) is 17.3. The van der Waals surface area contributed by atoms with E-state index in [4.69, 9.17) is 0 Å². The molecule has 0 radical (unpaired) electrons. The lowest BCUT2D eigenvalue weighted by atomic mass is 10.2. The third-order valence-corrected chi connectivity index (χ3v) is 3.91. The molecule has 0 bridgehead atoms. The Morgan fingerprint density at radius 1 is 1.22 bits per heavy atom. The third kappa shape index (κ3) is 5.55. The number of thiazole rings is 1. The van der Waals surface area contributed by atoms with Gasteiger partial charge in [0.15, 0.2) is 11.7 Å². The maximum atomic E-state index is 12.5. The van der Waals surface area contributed by atoms with Gasteiger partial charge >= 0.3 is 6.18 Å². The number of guanidine groups is 1. The van der Waals surface area contributed by atoms with Crippen LogP contribution in [0.3, 0.4) is 0 Å². The highest BCUT2D eigenvalue weighted by molar-refractivity contribution is 7.09. The summed E-state index contributed by atoms with van der Waals surface area (Å²) in [7, 11) is 1.64. The molecule has 124 valence electrons. The Hall–Kier alpha value is -2.09. The summed E-state index contributed by atoms with van der Waals surface area (Å²) in [6.45, 7) is 1.08. The van der Waals surface area contributed by atoms with Crippen molar-refractivity contribution >= 4 is 17.3 Å². The Kier molecular flexibility index (Phi) is 5.97. The minimum Gasteiger partial charge on any atom is -0.356 e. The van der Waals surface area contributed by atoms with Crippen LogP contribution in [0, 0.1) is 0 Å². The van der Waals surface area contributed by atoms with E-state index in [2.05, 4.69) is 20.6 Å². The monoisotopic (exact) mass is 342 g/mol. The van der Waals surface area contributed by atoms with Crippen molar-refractivity contribution in [1.29, 1.82) is 0 Å². The van der Waals surface area contributed by atoms with E-state index in [1.807, 2.05) is 30.3 Å². The van der Waals surface area contributed by atoms with E-state index in [9.17, 15) is 13.2 Å². The van der Waals surface area contributed by atoms with E-state index in [-0.39, 0.29) is 0 Å². The molecule has 2 rings (SSSR count). The van der Waals surface area contributed by atoms with Gasteiger partial charge < -0.3 is 10.6 Å². The van der Waals surface area contributed by atoms with E-state index in [1.165, 1.54) is 0 Å². The smallest absolute Gasteiger partial charge is 0.356 e. The van der Waals surface area contributed by atoms with Crippen molar-refractivity contribution < 1.29 is 13.2 Å². The van der Waals surface area contributed by atoms with Crippen LogP contribution in [0.1, 0.15) is 16.3 Å². The van der Waals surface area contributed by atoms with Crippen molar-refractivity contribution in [3.05, 3.63) is 52.0 Å². The Bertz CT molecular complexity index is 638. The molecule has 0 aliphatic rings. The lowest BCUT2D eigenvalue weighted by Gasteiger charge is -2.11. The van der Waals surface area contributed by atoms with Gasteiger partial charge in [0.05, 0.1) is 5.01 Å². The number of aromatic nitrogens is 1. The summed E-state index contributed by atoms with van der Waals surface area (Å²) in [6, 6.07) is 9.84. The van der Waals surface area contributed by atoms with Crippen molar-refractivity contribution in [2.75, 3.05) is 13.6 Å². The van der Waals surface area contributed by atoms with Gasteiger partial charge in [0.25, 0.3) is 0 Å². The predicted molar refractivity (Wildman–Crippen MR) is 85.5 cm³/mol. The fourth-order valence-electron chi connectivity index (χ4n) is 1.85. The summed E-state index contributed by atoms with van der Waals surface area (Å²) in [5.41, 5.74) is 0.286. The Balaban J connectivity index is 1.77. The van der Waals surface area contributed by atoms with Gasteiger partial charge in [-0.2, -0.15) is 13.2 Å². The van der Waals surface area contributed by atoms with Crippen LogP contribution in [0.5, 0.6) is 0 Å². The Morgan fingerprint density at radius 2 is 1.96 bits per heavy atom. The van der Waals surface area contributed by atoms with Crippen molar-refractivity contribution in [2.24, 2.45) is 4.99 Å². The molecule has 8 heteroatoms. The fourth-order valence-corrected chi connectivity index (χ4v) is 2.65. The number of alkyl halides is 3. The van der Waals surface area contributed by atoms with Gasteiger partial charge in [-0.3, -0.25) is 4.99 Å². The maximum absolute atomic E-state index is 12.5. The van der Waals surface area contributed by atoms with Crippen LogP contribution in [-0.4, -0.2) is 24.5 Å². The second kappa shape index (κ2) is 7.96. The average Bonchev–Trinajstić information content (AvgIpc) is 3.01. The van der Waals surface area contributed by atoms with E-state index < -0.39 is 11.9 Å². The molecular weight excluding hydrogens is 325 g/mol. The molecule has 0 saturated heterocycles. The minimum atomic E-state index is -4.38. The first-order chi connectivity index (χ1) is 11.0. The number of nitrogens with one attached hydrogen (secondary N) is 2. The molecule has 0 aliphatic heterocycles. The molecule has 2 aromatic rings. The normalized spacial score (nSPS) is 12.3. The van der Waals surface area contributed by atoms with Gasteiger partial charge in [0, 0.05) is 31.9 Å². The zero-order chi connectivity index (χ0) is 16.7. The van der Waals surface area contributed by atoms with Gasteiger partial charge in [-0.1, -0.05) is 30.3 Å². The van der Waals surface area contributed by atoms with Crippen LogP contribution in [0.25, 0.3) is 0 Å². The van der Waals surface area contributed by atoms with Crippen molar-refractivity contribution in [3.63, 3.8) is 0 Å². The minimum absolute atomic E-state index is 0.410. The van der Waals surface area contributed by atoms with E-state index in [0.29, 0.717) is 30.5 Å². The SMILES string of the molecule is CN=C(NCCc1nc(C(F)(F)F)cs1)NCc1ccccc1. The number of nitrogens with zero attached hydrogens (tertiary/aromatic N) is 2. The summed E-state index contributed by atoms with van der Waals surface area (Å²) in [6.07, 6.45) is -3.97. The van der Waals surface area contributed by atoms with Gasteiger partial charge in [-0.25, -0.2) is 4.98 Å². The molecule has 0 saturated carbocycles. The van der Waals surface area contributed by atoms with Crippen LogP contribution in [0.15, 0.2) is 40.7 Å². The molecule has 0 fully saturated rings. The predicted octanol–water partition coefficient (Wildman–Crippen LogP) is 3.07. The summed E-state index contributed by atoms with van der Waals surface area (Å²) >= 11 is 1.01. The highest BCUT2D eigenvalue weighted by atomic mass is 32.1. The third-order valence-electron chi connectivity index (χ3n) is 3.00. The number of aliphatic imine (C=N–C) groups is 1. The lowest BCUT2D eigenvalue weighted by Crippen LogP contribution is -2.37. The van der Waals surface area contributed by atoms with Gasteiger partial charge in [-0.15, -0.1) is 11.3 Å². The molecule has 0 amide bonds. The van der Waals surface area contributed by atoms with Crippen LogP contribution in [-0.2, 0) is 19.1 Å². The van der Waals surface area contributed by atoms with Gasteiger partial charge in [-0.05, 0) is 5.56 Å². The summed E-state index contributed by atoms with van der Waals surface area (Å²) in [5.74, 6) is 0.599. The number of hydrogen-bond donors (Lipinski definition) is 2. The van der Waals surface area contributed by atoms with Gasteiger partial charge in [0.2, 0.25) is 0 Å². The first-order valence-electron chi connectivity index (χ1n) is 6.99. The van der Waals surface area contributed by atoms with Gasteiger partial charge in [0.1, 0.15) is 0 Å². The number of benzene rings is 1. The van der Waals surface area contributed by atoms with Crippen molar-refractivity contribution in [2.45, 2.75) is 19.1 Å². The van der Waals surface area contributed by atoms with Crippen molar-refractivity contribution in [1.82, 2.24) is 15.6 Å². The molecule has 0 spiro atoms. The number of rotatable bonds is 5. The summed E-state index contributed by atoms with van der Waals surface area (Å²) < 4.78 is 37.4. The molecule has 4 nitrogen and oxygen atoms in total. The molecule has 1 heterocycles. The number of hydrogen-bond acceptors (Lipinski definition) is 3. The van der Waals surface area contributed by atoms with Crippen LogP contribution >= 0.6 is 11.3 Å². The summed E-state index contributed by atoms with van der Waals surface area (Å²) in [4.78, 5) is 7.67. The first-order valence-corrected chi connectivity index (χ1v) is 7.87. The van der Waals surface area contributed by atoms with E-state index in [1.54, 1.807) is 7.05 Å². The summed E-state index contributed by atoms with van der Waals surface area (Å²) in [5, 5.41) is 7.69. The molecule has 0 aliphatic carbocycles. The quantitative estimate of drug-likeness (QED) is 0.649. The lowest BCUT2D eigenvalue weighted by molar-refractivity contribution is -0.140. The highest BCUT2D eigenvalue weighted by Gasteiger charge is 2.33. The second-order valence-electron chi connectivity index (χ2n) is 4.71. The molecule has 0 unspecified atom stereocenters. The average molecular weight is 342 g/mol. The van der Waals surface area contributed by atoms with E-state index >= 15 is 0 Å². The standard InChI is InChI=1S/C15H17F3N4S/c1-19-14(21-9-11-5-3-2-4-6-11)20-8-7-13-22-12(10-23-13)15(16,17)18/h2-6,10H,7-9H2,1H3,(H2,19,20,21). The topological polar surface area (TPSA) is 49.3 Å². The zero-order valence-corrected chi connectivity index (χ0v) is 13.3. The molecule has 0 atom stereocenters. The second-order valence-corrected chi connectivity index (χ2v) is 5.66. The molecule has 2 N–H and O–H groups in total. The van der Waals surface area contributed by atoms with Crippen LogP contribution < -0.4 is 10.6 Å². The Labute approximate surface area is 136 Å². The molecule has 1 aromatic heterocycles. The molecular formula is C15H17F3N4S. The zero-order valence-electron chi connectivity index (χ0n) is 12.5. The van der Waals surface area contributed by atoms with Crippen molar-refractivity contribution in [3.8, 4) is 0 Å². The van der Waals surface area contributed by atoms with Crippen LogP contribution in [0.4, 0.5) is 13.2 Å². The molecule has 23 heavy (non-hydrogen) atoms.